The molecule has 8 aromatic carbocycles. The van der Waals surface area contributed by atoms with Crippen LogP contribution in [-0.4, -0.2) is 9.55 Å². The molecule has 2 aliphatic rings. The fourth-order valence-electron chi connectivity index (χ4n) is 8.10. The molecule has 0 unspecified atom stereocenters. The Bertz CT molecular complexity index is 3040. The lowest BCUT2D eigenvalue weighted by molar-refractivity contribution is 0.669. The maximum Gasteiger partial charge on any atom is 0.146 e. The van der Waals surface area contributed by atoms with Crippen molar-refractivity contribution >= 4 is 60.8 Å². The van der Waals surface area contributed by atoms with Crippen molar-refractivity contribution in [3.8, 4) is 39.3 Å². The van der Waals surface area contributed by atoms with Gasteiger partial charge in [0.05, 0.1) is 11.0 Å². The molecule has 0 amide bonds. The number of aromatic nitrogens is 2. The van der Waals surface area contributed by atoms with Crippen molar-refractivity contribution in [2.24, 2.45) is 0 Å². The van der Waals surface area contributed by atoms with Gasteiger partial charge in [0.25, 0.3) is 0 Å². The van der Waals surface area contributed by atoms with E-state index in [1.165, 1.54) is 27.6 Å². The van der Waals surface area contributed by atoms with Crippen molar-refractivity contribution < 1.29 is 4.42 Å². The Morgan fingerprint density at radius 1 is 0.418 bits per heavy atom. The van der Waals surface area contributed by atoms with E-state index in [0.29, 0.717) is 0 Å². The molecule has 0 fully saturated rings. The Hall–Kier alpha value is -7.43. The van der Waals surface area contributed by atoms with E-state index in [2.05, 4.69) is 210 Å². The summed E-state index contributed by atoms with van der Waals surface area (Å²) in [6.45, 7) is 0. The first kappa shape index (κ1) is 31.1. The molecule has 2 aliphatic heterocycles. The highest BCUT2D eigenvalue weighted by Crippen LogP contribution is 2.42. The van der Waals surface area contributed by atoms with Gasteiger partial charge in [-0.25, -0.2) is 4.98 Å². The van der Waals surface area contributed by atoms with Crippen LogP contribution in [0.5, 0.6) is 0 Å². The lowest BCUT2D eigenvalue weighted by Gasteiger charge is -2.26. The van der Waals surface area contributed by atoms with Crippen LogP contribution in [0.25, 0.3) is 83.1 Å². The topological polar surface area (TPSA) is 34.2 Å². The molecule has 4 nitrogen and oxygen atoms in total. The molecule has 0 N–H and O–H groups in total. The van der Waals surface area contributed by atoms with Crippen molar-refractivity contribution in [1.29, 1.82) is 0 Å². The number of para-hydroxylation sites is 2. The van der Waals surface area contributed by atoms with Crippen LogP contribution in [-0.2, 0) is 0 Å². The zero-order valence-corrected chi connectivity index (χ0v) is 29.8. The maximum atomic E-state index is 6.50. The Kier molecular flexibility index (Phi) is 7.14. The molecule has 11 rings (SSSR count). The molecule has 0 spiro atoms. The number of rotatable bonds is 6. The van der Waals surface area contributed by atoms with Gasteiger partial charge in [-0.2, -0.15) is 0 Å². The van der Waals surface area contributed by atoms with E-state index >= 15 is 0 Å². The number of fused-ring (bicyclic) bond motifs is 7. The third-order valence-corrected chi connectivity index (χ3v) is 10.8. The average Bonchev–Trinajstić information content (AvgIpc) is 3.81. The number of furan rings is 1. The average molecular weight is 704 g/mol. The molecule has 0 saturated heterocycles. The molecule has 0 bridgehead atoms. The highest BCUT2D eigenvalue weighted by atomic mass is 16.3. The first-order valence-electron chi connectivity index (χ1n) is 18.6. The molecule has 0 atom stereocenters. The number of anilines is 3. The van der Waals surface area contributed by atoms with Gasteiger partial charge in [0.15, 0.2) is 0 Å². The molecular weight excluding hydrogens is 671 g/mol. The third-order valence-electron chi connectivity index (χ3n) is 10.8. The van der Waals surface area contributed by atoms with Crippen LogP contribution >= 0.6 is 0 Å². The van der Waals surface area contributed by atoms with E-state index in [1.807, 2.05) is 0 Å². The van der Waals surface area contributed by atoms with Crippen molar-refractivity contribution in [2.75, 3.05) is 4.90 Å². The SMILES string of the molecule is c1ccc(-c2ccc(N(c3ccc(-c4ccccc4)cc3)c3ccc4oc5ccc(-n6c7nc8ccccc8c-7cc7ccccc76)cc5c4c3)cc2)cc1. The second kappa shape index (κ2) is 12.6. The van der Waals surface area contributed by atoms with E-state index in [0.717, 1.165) is 72.5 Å². The van der Waals surface area contributed by atoms with Crippen LogP contribution in [0.3, 0.4) is 0 Å². The number of pyridine rings is 1. The molecule has 0 saturated carbocycles. The van der Waals surface area contributed by atoms with Gasteiger partial charge in [0.2, 0.25) is 0 Å². The predicted octanol–water partition coefficient (Wildman–Crippen LogP) is 14.0. The van der Waals surface area contributed by atoms with Gasteiger partial charge in [-0.3, -0.25) is 4.57 Å². The van der Waals surface area contributed by atoms with E-state index in [9.17, 15) is 0 Å². The number of benzene rings is 8. The second-order valence-corrected chi connectivity index (χ2v) is 14.0. The molecule has 0 aliphatic carbocycles. The fourth-order valence-corrected chi connectivity index (χ4v) is 8.10. The van der Waals surface area contributed by atoms with Crippen LogP contribution in [0.2, 0.25) is 0 Å². The van der Waals surface area contributed by atoms with E-state index in [1.54, 1.807) is 0 Å². The zero-order valence-electron chi connectivity index (χ0n) is 29.8. The smallest absolute Gasteiger partial charge is 0.146 e. The Morgan fingerprint density at radius 3 is 1.65 bits per heavy atom. The first-order chi connectivity index (χ1) is 27.2. The van der Waals surface area contributed by atoms with Crippen molar-refractivity contribution in [1.82, 2.24) is 9.55 Å². The third kappa shape index (κ3) is 5.26. The quantitative estimate of drug-likeness (QED) is 0.173. The van der Waals surface area contributed by atoms with Gasteiger partial charge in [-0.05, 0) is 107 Å². The maximum absolute atomic E-state index is 6.50. The summed E-state index contributed by atoms with van der Waals surface area (Å²) in [5.41, 5.74) is 13.9. The Balaban J connectivity index is 1.07. The van der Waals surface area contributed by atoms with E-state index in [-0.39, 0.29) is 0 Å². The highest BCUT2D eigenvalue weighted by Gasteiger charge is 2.21. The van der Waals surface area contributed by atoms with Crippen LogP contribution < -0.4 is 4.90 Å². The van der Waals surface area contributed by atoms with Crippen molar-refractivity contribution in [3.63, 3.8) is 0 Å². The van der Waals surface area contributed by atoms with E-state index in [4.69, 9.17) is 9.40 Å². The number of hydrogen-bond donors (Lipinski definition) is 0. The molecule has 258 valence electrons. The minimum Gasteiger partial charge on any atom is -0.456 e. The first-order valence-corrected chi connectivity index (χ1v) is 18.6. The minimum absolute atomic E-state index is 0.847. The molecule has 9 aromatic rings. The largest absolute Gasteiger partial charge is 0.456 e. The fraction of sp³-hybridized carbons (Fsp3) is 0. The molecule has 3 heterocycles. The summed E-state index contributed by atoms with van der Waals surface area (Å²) in [5, 5.41) is 4.43. The van der Waals surface area contributed by atoms with Crippen molar-refractivity contribution in [2.45, 2.75) is 0 Å². The van der Waals surface area contributed by atoms with Gasteiger partial charge >= 0.3 is 0 Å². The van der Waals surface area contributed by atoms with Gasteiger partial charge < -0.3 is 9.32 Å². The van der Waals surface area contributed by atoms with Gasteiger partial charge in [0.1, 0.15) is 17.0 Å². The van der Waals surface area contributed by atoms with Crippen LogP contribution in [0.4, 0.5) is 17.1 Å². The van der Waals surface area contributed by atoms with E-state index < -0.39 is 0 Å². The molecular formula is C51H33N3O. The lowest BCUT2D eigenvalue weighted by atomic mass is 10.0. The van der Waals surface area contributed by atoms with Crippen LogP contribution in [0.1, 0.15) is 0 Å². The Morgan fingerprint density at radius 2 is 0.964 bits per heavy atom. The van der Waals surface area contributed by atoms with Gasteiger partial charge in [0, 0.05) is 44.5 Å². The monoisotopic (exact) mass is 703 g/mol. The summed E-state index contributed by atoms with van der Waals surface area (Å²) >= 11 is 0. The highest BCUT2D eigenvalue weighted by molar-refractivity contribution is 6.08. The summed E-state index contributed by atoms with van der Waals surface area (Å²) in [6.07, 6.45) is 0. The standard InChI is InChI=1S/C51H33N3O/c1-3-11-34(12-4-1)36-19-23-39(24-20-36)53(40-25-21-37(22-26-40)35-13-5-2-6-14-35)41-27-29-49-44(32-41)45-33-42(28-30-50(45)55-49)54-48-18-10-7-15-38(48)31-46-43-16-8-9-17-47(43)52-51(46)54/h1-33H. The molecule has 0 radical (unpaired) electrons. The van der Waals surface area contributed by atoms with Crippen LogP contribution in [0, 0.1) is 0 Å². The summed E-state index contributed by atoms with van der Waals surface area (Å²) in [4.78, 5) is 7.49. The summed E-state index contributed by atoms with van der Waals surface area (Å²) in [5.74, 6) is 0.941. The second-order valence-electron chi connectivity index (χ2n) is 14.0. The summed E-state index contributed by atoms with van der Waals surface area (Å²) < 4.78 is 8.79. The predicted molar refractivity (Wildman–Crippen MR) is 228 cm³/mol. The summed E-state index contributed by atoms with van der Waals surface area (Å²) in [7, 11) is 0. The van der Waals surface area contributed by atoms with Gasteiger partial charge in [-0.1, -0.05) is 121 Å². The van der Waals surface area contributed by atoms with Crippen LogP contribution in [0.15, 0.2) is 205 Å². The molecule has 55 heavy (non-hydrogen) atoms. The molecule has 4 heteroatoms. The molecule has 1 aromatic heterocycles. The minimum atomic E-state index is 0.847. The number of hydrogen-bond acceptors (Lipinski definition) is 3. The van der Waals surface area contributed by atoms with Gasteiger partial charge in [-0.15, -0.1) is 0 Å². The lowest BCUT2D eigenvalue weighted by Crippen LogP contribution is -2.09. The normalized spacial score (nSPS) is 11.6. The number of nitrogens with zero attached hydrogens (tertiary/aromatic N) is 3. The van der Waals surface area contributed by atoms with Crippen molar-refractivity contribution in [3.05, 3.63) is 200 Å². The Labute approximate surface area is 318 Å². The summed E-state index contributed by atoms with van der Waals surface area (Å²) in [6, 6.07) is 70.9. The zero-order chi connectivity index (χ0) is 36.3.